The minimum Gasteiger partial charge on any atom is -0.314 e. The predicted molar refractivity (Wildman–Crippen MR) is 44.7 cm³/mol. The van der Waals surface area contributed by atoms with E-state index in [2.05, 4.69) is 26.2 Å². The van der Waals surface area contributed by atoms with Gasteiger partial charge in [0.05, 0.1) is 5.69 Å². The van der Waals surface area contributed by atoms with Gasteiger partial charge in [-0.05, 0) is 19.2 Å². The lowest BCUT2D eigenvalue weighted by Gasteiger charge is -1.97. The monoisotopic (exact) mass is 200 g/mol. The van der Waals surface area contributed by atoms with E-state index in [1.54, 1.807) is 6.20 Å². The molecule has 1 rings (SSSR count). The Labute approximate surface area is 68.8 Å². The SMILES string of the molecule is CNCc1cc(Br)ccn1. The Morgan fingerprint density at radius 3 is 3.10 bits per heavy atom. The van der Waals surface area contributed by atoms with Crippen molar-refractivity contribution in [3.8, 4) is 0 Å². The molecule has 0 aliphatic rings. The second kappa shape index (κ2) is 3.68. The van der Waals surface area contributed by atoms with Crippen molar-refractivity contribution in [2.24, 2.45) is 0 Å². The highest BCUT2D eigenvalue weighted by atomic mass is 79.9. The van der Waals surface area contributed by atoms with Gasteiger partial charge in [0, 0.05) is 17.2 Å². The van der Waals surface area contributed by atoms with Gasteiger partial charge in [-0.3, -0.25) is 4.98 Å². The molecule has 0 aliphatic heterocycles. The molecule has 3 heteroatoms. The third kappa shape index (κ3) is 2.08. The van der Waals surface area contributed by atoms with E-state index < -0.39 is 0 Å². The molecule has 0 bridgehead atoms. The summed E-state index contributed by atoms with van der Waals surface area (Å²) in [6, 6.07) is 3.91. The lowest BCUT2D eigenvalue weighted by molar-refractivity contribution is 0.790. The van der Waals surface area contributed by atoms with E-state index in [-0.39, 0.29) is 0 Å². The number of aromatic nitrogens is 1. The van der Waals surface area contributed by atoms with Gasteiger partial charge in [-0.1, -0.05) is 15.9 Å². The first kappa shape index (κ1) is 7.69. The Morgan fingerprint density at radius 2 is 2.50 bits per heavy atom. The van der Waals surface area contributed by atoms with E-state index in [4.69, 9.17) is 0 Å². The lowest BCUT2D eigenvalue weighted by Crippen LogP contribution is -2.06. The number of nitrogens with zero attached hydrogens (tertiary/aromatic N) is 1. The van der Waals surface area contributed by atoms with Gasteiger partial charge in [-0.15, -0.1) is 0 Å². The summed E-state index contributed by atoms with van der Waals surface area (Å²) in [5, 5.41) is 3.03. The van der Waals surface area contributed by atoms with Crippen LogP contribution in [0.25, 0.3) is 0 Å². The fourth-order valence-electron chi connectivity index (χ4n) is 0.727. The quantitative estimate of drug-likeness (QED) is 0.785. The summed E-state index contributed by atoms with van der Waals surface area (Å²) in [5.74, 6) is 0. The van der Waals surface area contributed by atoms with Gasteiger partial charge in [-0.2, -0.15) is 0 Å². The van der Waals surface area contributed by atoms with Crippen LogP contribution in [-0.4, -0.2) is 12.0 Å². The van der Waals surface area contributed by atoms with Gasteiger partial charge in [0.2, 0.25) is 0 Å². The fourth-order valence-corrected chi connectivity index (χ4v) is 1.11. The molecule has 0 amide bonds. The zero-order chi connectivity index (χ0) is 7.40. The molecular formula is C7H9BrN2. The number of rotatable bonds is 2. The lowest BCUT2D eigenvalue weighted by atomic mass is 10.3. The molecule has 1 aromatic heterocycles. The number of pyridine rings is 1. The van der Waals surface area contributed by atoms with Gasteiger partial charge in [0.25, 0.3) is 0 Å². The Kier molecular flexibility index (Phi) is 2.83. The van der Waals surface area contributed by atoms with Crippen LogP contribution in [0.4, 0.5) is 0 Å². The van der Waals surface area contributed by atoms with Gasteiger partial charge < -0.3 is 5.32 Å². The van der Waals surface area contributed by atoms with E-state index >= 15 is 0 Å². The summed E-state index contributed by atoms with van der Waals surface area (Å²) >= 11 is 3.36. The third-order valence-corrected chi connectivity index (χ3v) is 1.63. The summed E-state index contributed by atoms with van der Waals surface area (Å²) in [4.78, 5) is 4.14. The van der Waals surface area contributed by atoms with Crippen molar-refractivity contribution < 1.29 is 0 Å². The highest BCUT2D eigenvalue weighted by Gasteiger charge is 1.91. The van der Waals surface area contributed by atoms with E-state index in [0.29, 0.717) is 0 Å². The molecule has 0 saturated heterocycles. The molecule has 1 aromatic rings. The van der Waals surface area contributed by atoms with Crippen molar-refractivity contribution in [3.05, 3.63) is 28.5 Å². The van der Waals surface area contributed by atoms with Crippen molar-refractivity contribution in [2.45, 2.75) is 6.54 Å². The first-order chi connectivity index (χ1) is 4.83. The summed E-state index contributed by atoms with van der Waals surface area (Å²) in [5.41, 5.74) is 1.05. The van der Waals surface area contributed by atoms with E-state index in [1.165, 1.54) is 0 Å². The molecule has 0 unspecified atom stereocenters. The topological polar surface area (TPSA) is 24.9 Å². The summed E-state index contributed by atoms with van der Waals surface area (Å²) in [6.07, 6.45) is 1.79. The zero-order valence-corrected chi connectivity index (χ0v) is 7.35. The molecule has 0 aromatic carbocycles. The fraction of sp³-hybridized carbons (Fsp3) is 0.286. The van der Waals surface area contributed by atoms with Crippen LogP contribution in [0.3, 0.4) is 0 Å². The van der Waals surface area contributed by atoms with Crippen molar-refractivity contribution in [1.29, 1.82) is 0 Å². The van der Waals surface area contributed by atoms with Crippen LogP contribution < -0.4 is 5.32 Å². The molecular weight excluding hydrogens is 192 g/mol. The molecule has 0 saturated carbocycles. The molecule has 0 aliphatic carbocycles. The highest BCUT2D eigenvalue weighted by molar-refractivity contribution is 9.10. The molecule has 0 radical (unpaired) electrons. The molecule has 0 atom stereocenters. The number of hydrogen-bond acceptors (Lipinski definition) is 2. The molecule has 0 spiro atoms. The molecule has 1 N–H and O–H groups in total. The highest BCUT2D eigenvalue weighted by Crippen LogP contribution is 2.08. The Hall–Kier alpha value is -0.410. The molecule has 2 nitrogen and oxygen atoms in total. The van der Waals surface area contributed by atoms with Crippen LogP contribution >= 0.6 is 15.9 Å². The van der Waals surface area contributed by atoms with E-state index in [0.717, 1.165) is 16.7 Å². The van der Waals surface area contributed by atoms with Crippen molar-refractivity contribution in [2.75, 3.05) is 7.05 Å². The average molecular weight is 201 g/mol. The second-order valence-corrected chi connectivity index (χ2v) is 2.91. The molecule has 54 valence electrons. The van der Waals surface area contributed by atoms with Crippen LogP contribution in [0.1, 0.15) is 5.69 Å². The van der Waals surface area contributed by atoms with Crippen LogP contribution in [-0.2, 0) is 6.54 Å². The van der Waals surface area contributed by atoms with E-state index in [9.17, 15) is 0 Å². The third-order valence-electron chi connectivity index (χ3n) is 1.14. The maximum Gasteiger partial charge on any atom is 0.0552 e. The maximum absolute atomic E-state index is 4.14. The molecule has 1 heterocycles. The van der Waals surface area contributed by atoms with E-state index in [1.807, 2.05) is 19.2 Å². The number of hydrogen-bond donors (Lipinski definition) is 1. The van der Waals surface area contributed by atoms with Crippen LogP contribution in [0.2, 0.25) is 0 Å². The first-order valence-electron chi connectivity index (χ1n) is 3.08. The predicted octanol–water partition coefficient (Wildman–Crippen LogP) is 1.56. The second-order valence-electron chi connectivity index (χ2n) is 2.00. The van der Waals surface area contributed by atoms with Gasteiger partial charge >= 0.3 is 0 Å². The molecule has 0 fully saturated rings. The van der Waals surface area contributed by atoms with Crippen LogP contribution in [0.15, 0.2) is 22.8 Å². The minimum absolute atomic E-state index is 0.819. The Morgan fingerprint density at radius 1 is 1.70 bits per heavy atom. The molecule has 10 heavy (non-hydrogen) atoms. The van der Waals surface area contributed by atoms with Gasteiger partial charge in [-0.25, -0.2) is 0 Å². The Bertz CT molecular complexity index is 213. The summed E-state index contributed by atoms with van der Waals surface area (Å²) in [7, 11) is 1.91. The largest absolute Gasteiger partial charge is 0.314 e. The van der Waals surface area contributed by atoms with Crippen molar-refractivity contribution in [1.82, 2.24) is 10.3 Å². The van der Waals surface area contributed by atoms with Crippen molar-refractivity contribution >= 4 is 15.9 Å². The summed E-state index contributed by atoms with van der Waals surface area (Å²) < 4.78 is 1.08. The van der Waals surface area contributed by atoms with Crippen LogP contribution in [0.5, 0.6) is 0 Å². The zero-order valence-electron chi connectivity index (χ0n) is 5.76. The smallest absolute Gasteiger partial charge is 0.0552 e. The first-order valence-corrected chi connectivity index (χ1v) is 3.87. The maximum atomic E-state index is 4.14. The average Bonchev–Trinajstić information content (AvgIpc) is 1.88. The van der Waals surface area contributed by atoms with Crippen molar-refractivity contribution in [3.63, 3.8) is 0 Å². The van der Waals surface area contributed by atoms with Gasteiger partial charge in [0.1, 0.15) is 0 Å². The summed E-state index contributed by atoms with van der Waals surface area (Å²) in [6.45, 7) is 0.819. The Balaban J connectivity index is 2.75. The standard InChI is InChI=1S/C7H9BrN2/c1-9-5-7-4-6(8)2-3-10-7/h2-4,9H,5H2,1H3. The number of nitrogens with one attached hydrogen (secondary N) is 1. The van der Waals surface area contributed by atoms with Crippen LogP contribution in [0, 0.1) is 0 Å². The van der Waals surface area contributed by atoms with Gasteiger partial charge in [0.15, 0.2) is 0 Å². The number of halogens is 1. The minimum atomic E-state index is 0.819. The normalized spacial score (nSPS) is 9.80.